The third kappa shape index (κ3) is 4.11. The Morgan fingerprint density at radius 1 is 1.32 bits per heavy atom. The zero-order chi connectivity index (χ0) is 18.2. The van der Waals surface area contributed by atoms with Gasteiger partial charge in [-0.3, -0.25) is 0 Å². The van der Waals surface area contributed by atoms with Crippen LogP contribution in [0, 0.1) is 0 Å². The molecule has 6 heteroatoms. The molecule has 1 amide bonds. The number of ether oxygens (including phenoxy) is 1. The molecule has 0 saturated heterocycles. The van der Waals surface area contributed by atoms with Crippen LogP contribution in [-0.4, -0.2) is 26.3 Å². The van der Waals surface area contributed by atoms with Crippen LogP contribution in [0.15, 0.2) is 29.4 Å². The zero-order valence-corrected chi connectivity index (χ0v) is 16.4. The summed E-state index contributed by atoms with van der Waals surface area (Å²) < 4.78 is 7.46. The lowest BCUT2D eigenvalue weighted by atomic mass is 10.0. The van der Waals surface area contributed by atoms with Gasteiger partial charge < -0.3 is 14.5 Å². The maximum atomic E-state index is 12.2. The van der Waals surface area contributed by atoms with Crippen molar-refractivity contribution < 1.29 is 9.53 Å². The zero-order valence-electron chi connectivity index (χ0n) is 15.6. The third-order valence-electron chi connectivity index (χ3n) is 4.25. The Morgan fingerprint density at radius 3 is 2.64 bits per heavy atom. The van der Waals surface area contributed by atoms with Crippen LogP contribution >= 0.6 is 11.8 Å². The van der Waals surface area contributed by atoms with Gasteiger partial charge in [-0.05, 0) is 59.6 Å². The van der Waals surface area contributed by atoms with Crippen molar-refractivity contribution in [3.63, 3.8) is 0 Å². The first-order valence-electron chi connectivity index (χ1n) is 8.80. The number of nitrogens with zero attached hydrogens (tertiary/aromatic N) is 2. The number of fused-ring (bicyclic) bond motifs is 1. The lowest BCUT2D eigenvalue weighted by molar-refractivity contribution is 0.0466. The van der Waals surface area contributed by atoms with E-state index < -0.39 is 17.2 Å². The molecule has 0 radical (unpaired) electrons. The van der Waals surface area contributed by atoms with Crippen molar-refractivity contribution in [3.05, 3.63) is 30.4 Å². The van der Waals surface area contributed by atoms with Gasteiger partial charge in [0, 0.05) is 16.3 Å². The number of nitrogens with one attached hydrogen (secondary N) is 1. The summed E-state index contributed by atoms with van der Waals surface area (Å²) in [4.78, 5) is 18.0. The quantitative estimate of drug-likeness (QED) is 0.855. The van der Waals surface area contributed by atoms with Crippen LogP contribution in [0.25, 0.3) is 5.52 Å². The number of imidazole rings is 1. The Balaban J connectivity index is 1.84. The molecule has 136 valence electrons. The second-order valence-electron chi connectivity index (χ2n) is 8.13. The fourth-order valence-corrected chi connectivity index (χ4v) is 4.20. The summed E-state index contributed by atoms with van der Waals surface area (Å²) in [5.74, 6) is 0.796. The number of carbonyl (C=O) groups is 1. The minimum absolute atomic E-state index is 0.436. The molecule has 25 heavy (non-hydrogen) atoms. The predicted molar refractivity (Wildman–Crippen MR) is 101 cm³/mol. The molecule has 3 rings (SSSR count). The lowest BCUT2D eigenvalue weighted by Crippen LogP contribution is -2.44. The van der Waals surface area contributed by atoms with E-state index in [0.717, 1.165) is 16.6 Å². The van der Waals surface area contributed by atoms with Crippen LogP contribution in [0.1, 0.15) is 59.7 Å². The highest BCUT2D eigenvalue weighted by Gasteiger charge is 2.30. The van der Waals surface area contributed by atoms with Gasteiger partial charge in [0.2, 0.25) is 0 Å². The topological polar surface area (TPSA) is 55.6 Å². The maximum absolute atomic E-state index is 12.2. The highest BCUT2D eigenvalue weighted by atomic mass is 32.2. The number of pyridine rings is 1. The number of hydrogen-bond acceptors (Lipinski definition) is 4. The first-order valence-corrected chi connectivity index (χ1v) is 9.68. The second-order valence-corrected chi connectivity index (χ2v) is 9.47. The van der Waals surface area contributed by atoms with Crippen LogP contribution < -0.4 is 5.32 Å². The van der Waals surface area contributed by atoms with E-state index in [2.05, 4.69) is 20.8 Å². The summed E-state index contributed by atoms with van der Waals surface area (Å²) in [7, 11) is 0. The average Bonchev–Trinajstić information content (AvgIpc) is 2.85. The first-order chi connectivity index (χ1) is 11.7. The molecule has 0 atom stereocenters. The molecule has 2 aromatic heterocycles. The van der Waals surface area contributed by atoms with E-state index in [9.17, 15) is 4.79 Å². The van der Waals surface area contributed by atoms with Gasteiger partial charge in [-0.25, -0.2) is 9.78 Å². The number of thioether (sulfide) groups is 1. The van der Waals surface area contributed by atoms with Crippen LogP contribution in [0.4, 0.5) is 4.79 Å². The summed E-state index contributed by atoms with van der Waals surface area (Å²) in [5, 5.41) is 3.66. The normalized spacial score (nSPS) is 15.9. The Kier molecular flexibility index (Phi) is 4.75. The van der Waals surface area contributed by atoms with Crippen molar-refractivity contribution in [2.45, 2.75) is 75.2 Å². The SMILES string of the molecule is CC(C)(C)OC(=O)NC(C)(C)c1ncc2c(SC3CCC3)cccn12. The average molecular weight is 362 g/mol. The predicted octanol–water partition coefficient (Wildman–Crippen LogP) is 4.74. The molecule has 0 bridgehead atoms. The summed E-state index contributed by atoms with van der Waals surface area (Å²) in [6.45, 7) is 9.45. The summed E-state index contributed by atoms with van der Waals surface area (Å²) >= 11 is 1.93. The van der Waals surface area contributed by atoms with Gasteiger partial charge in [0.25, 0.3) is 0 Å². The van der Waals surface area contributed by atoms with Gasteiger partial charge in [0.1, 0.15) is 11.4 Å². The van der Waals surface area contributed by atoms with Gasteiger partial charge in [0.05, 0.1) is 17.3 Å². The molecule has 0 aromatic carbocycles. The van der Waals surface area contributed by atoms with Crippen molar-refractivity contribution in [1.29, 1.82) is 0 Å². The van der Waals surface area contributed by atoms with Crippen molar-refractivity contribution in [3.8, 4) is 0 Å². The Morgan fingerprint density at radius 2 is 2.04 bits per heavy atom. The molecule has 1 saturated carbocycles. The van der Waals surface area contributed by atoms with Crippen molar-refractivity contribution in [2.24, 2.45) is 0 Å². The van der Waals surface area contributed by atoms with E-state index in [-0.39, 0.29) is 0 Å². The van der Waals surface area contributed by atoms with Gasteiger partial charge >= 0.3 is 6.09 Å². The van der Waals surface area contributed by atoms with Gasteiger partial charge in [0.15, 0.2) is 0 Å². The van der Waals surface area contributed by atoms with E-state index in [0.29, 0.717) is 0 Å². The minimum atomic E-state index is -0.644. The molecule has 0 spiro atoms. The smallest absolute Gasteiger partial charge is 0.408 e. The number of rotatable bonds is 4. The fraction of sp³-hybridized carbons (Fsp3) is 0.579. The van der Waals surface area contributed by atoms with Crippen LogP contribution in [0.5, 0.6) is 0 Å². The highest BCUT2D eigenvalue weighted by molar-refractivity contribution is 8.00. The molecular formula is C19H27N3O2S. The van der Waals surface area contributed by atoms with Crippen molar-refractivity contribution in [2.75, 3.05) is 0 Å². The third-order valence-corrected chi connectivity index (χ3v) is 5.65. The fourth-order valence-electron chi connectivity index (χ4n) is 2.84. The van der Waals surface area contributed by atoms with Gasteiger partial charge in [-0.1, -0.05) is 6.42 Å². The van der Waals surface area contributed by atoms with E-state index in [1.165, 1.54) is 24.2 Å². The van der Waals surface area contributed by atoms with E-state index >= 15 is 0 Å². The van der Waals surface area contributed by atoms with E-state index in [1.54, 1.807) is 0 Å². The second kappa shape index (κ2) is 6.56. The highest BCUT2D eigenvalue weighted by Crippen LogP contribution is 2.38. The molecule has 0 unspecified atom stereocenters. The standard InChI is InChI=1S/C19H27N3O2S/c1-18(2,3)24-17(23)21-19(4,5)16-20-12-14-15(10-7-11-22(14)16)25-13-8-6-9-13/h7,10-13H,6,8-9H2,1-5H3,(H,21,23). The van der Waals surface area contributed by atoms with Gasteiger partial charge in [-0.15, -0.1) is 11.8 Å². The van der Waals surface area contributed by atoms with Crippen molar-refractivity contribution >= 4 is 23.4 Å². The van der Waals surface area contributed by atoms with Gasteiger partial charge in [-0.2, -0.15) is 0 Å². The lowest BCUT2D eigenvalue weighted by Gasteiger charge is -2.28. The molecule has 1 aliphatic rings. The van der Waals surface area contributed by atoms with E-state index in [4.69, 9.17) is 4.74 Å². The summed E-state index contributed by atoms with van der Waals surface area (Å²) in [6.07, 6.45) is 7.37. The molecule has 0 aliphatic heterocycles. The van der Waals surface area contributed by atoms with E-state index in [1.807, 2.05) is 64.8 Å². The first kappa shape index (κ1) is 18.1. The Bertz CT molecular complexity index is 773. The number of hydrogen-bond donors (Lipinski definition) is 1. The summed E-state index contributed by atoms with van der Waals surface area (Å²) in [5.41, 5.74) is -0.0795. The Labute approximate surface area is 153 Å². The molecule has 2 heterocycles. The largest absolute Gasteiger partial charge is 0.444 e. The molecule has 5 nitrogen and oxygen atoms in total. The minimum Gasteiger partial charge on any atom is -0.444 e. The van der Waals surface area contributed by atoms with Crippen molar-refractivity contribution in [1.82, 2.24) is 14.7 Å². The number of aromatic nitrogens is 2. The molecular weight excluding hydrogens is 334 g/mol. The maximum Gasteiger partial charge on any atom is 0.408 e. The molecule has 1 aliphatic carbocycles. The van der Waals surface area contributed by atoms with Crippen LogP contribution in [-0.2, 0) is 10.3 Å². The number of alkyl carbamates (subject to hydrolysis) is 1. The summed E-state index contributed by atoms with van der Waals surface area (Å²) in [6, 6.07) is 4.20. The Hall–Kier alpha value is -1.69. The monoisotopic (exact) mass is 361 g/mol. The van der Waals surface area contributed by atoms with Crippen LogP contribution in [0.2, 0.25) is 0 Å². The van der Waals surface area contributed by atoms with Crippen LogP contribution in [0.3, 0.4) is 0 Å². The molecule has 2 aromatic rings. The molecule has 1 fully saturated rings. The number of amides is 1. The number of carbonyl (C=O) groups excluding carboxylic acids is 1. The molecule has 1 N–H and O–H groups in total.